The summed E-state index contributed by atoms with van der Waals surface area (Å²) in [6.45, 7) is 8.49. The molecule has 0 aliphatic carbocycles. The zero-order valence-electron chi connectivity index (χ0n) is 15.5. The van der Waals surface area contributed by atoms with Crippen LogP contribution in [0.5, 0.6) is 0 Å². The summed E-state index contributed by atoms with van der Waals surface area (Å²) in [6, 6.07) is 7.66. The van der Waals surface area contributed by atoms with Gasteiger partial charge in [0.15, 0.2) is 0 Å². The van der Waals surface area contributed by atoms with Crippen LogP contribution in [0.4, 0.5) is 9.18 Å². The maximum atomic E-state index is 13.2. The molecule has 1 atom stereocenters. The average molecular weight is 347 g/mol. The van der Waals surface area contributed by atoms with Crippen LogP contribution in [0, 0.1) is 18.2 Å². The van der Waals surface area contributed by atoms with Crippen molar-refractivity contribution in [1.29, 1.82) is 0 Å². The summed E-state index contributed by atoms with van der Waals surface area (Å²) in [5.41, 5.74) is 1.59. The molecule has 25 heavy (non-hydrogen) atoms. The molecule has 0 bridgehead atoms. The second kappa shape index (κ2) is 7.68. The first-order valence-corrected chi connectivity index (χ1v) is 8.33. The predicted octanol–water partition coefficient (Wildman–Crippen LogP) is 4.44. The zero-order valence-corrected chi connectivity index (χ0v) is 15.5. The predicted molar refractivity (Wildman–Crippen MR) is 94.5 cm³/mol. The molecular formula is C19H26FN3O2. The Balaban J connectivity index is 2.09. The molecule has 0 spiro atoms. The lowest BCUT2D eigenvalue weighted by Crippen LogP contribution is -2.40. The molecule has 0 saturated heterocycles. The van der Waals surface area contributed by atoms with E-state index in [1.165, 1.54) is 12.1 Å². The van der Waals surface area contributed by atoms with E-state index in [-0.39, 0.29) is 23.3 Å². The quantitative estimate of drug-likeness (QED) is 0.870. The van der Waals surface area contributed by atoms with Crippen molar-refractivity contribution in [2.45, 2.75) is 46.7 Å². The van der Waals surface area contributed by atoms with Gasteiger partial charge in [-0.3, -0.25) is 0 Å². The molecule has 0 saturated carbocycles. The van der Waals surface area contributed by atoms with Crippen molar-refractivity contribution >= 4 is 6.03 Å². The van der Waals surface area contributed by atoms with E-state index in [0.29, 0.717) is 18.0 Å². The van der Waals surface area contributed by atoms with Crippen LogP contribution in [0.3, 0.4) is 0 Å². The standard InChI is InChI=1S/C19H26FN3O2/c1-13-10-16(22-25-13)12-23(5)18(24)21-17(11-19(2,3)4)14-6-8-15(20)9-7-14/h6-10,17H,11-12H2,1-5H3,(H,21,24). The highest BCUT2D eigenvalue weighted by Crippen LogP contribution is 2.29. The van der Waals surface area contributed by atoms with Gasteiger partial charge in [-0.05, 0) is 36.5 Å². The van der Waals surface area contributed by atoms with Crippen LogP contribution >= 0.6 is 0 Å². The first kappa shape index (κ1) is 19.0. The Morgan fingerprint density at radius 1 is 1.32 bits per heavy atom. The minimum absolute atomic E-state index is 0.00807. The number of amides is 2. The number of nitrogens with zero attached hydrogens (tertiary/aromatic N) is 2. The number of benzene rings is 1. The highest BCUT2D eigenvalue weighted by molar-refractivity contribution is 5.74. The molecule has 0 aliphatic rings. The molecule has 2 rings (SSSR count). The van der Waals surface area contributed by atoms with Gasteiger partial charge < -0.3 is 14.7 Å². The number of hydrogen-bond acceptors (Lipinski definition) is 3. The number of nitrogens with one attached hydrogen (secondary N) is 1. The number of halogens is 1. The molecule has 2 aromatic rings. The maximum absolute atomic E-state index is 13.2. The molecule has 2 amide bonds. The van der Waals surface area contributed by atoms with E-state index in [1.807, 2.05) is 6.92 Å². The van der Waals surface area contributed by atoms with Crippen LogP contribution < -0.4 is 5.32 Å². The van der Waals surface area contributed by atoms with Gasteiger partial charge in [-0.15, -0.1) is 0 Å². The Kier molecular flexibility index (Phi) is 5.82. The second-order valence-electron chi connectivity index (χ2n) is 7.60. The van der Waals surface area contributed by atoms with E-state index in [2.05, 4.69) is 31.2 Å². The molecular weight excluding hydrogens is 321 g/mol. The van der Waals surface area contributed by atoms with Crippen molar-refractivity contribution in [3.8, 4) is 0 Å². The molecule has 6 heteroatoms. The average Bonchev–Trinajstić information content (AvgIpc) is 2.91. The number of carbonyl (C=O) groups is 1. The maximum Gasteiger partial charge on any atom is 0.317 e. The van der Waals surface area contributed by atoms with Gasteiger partial charge in [0.2, 0.25) is 0 Å². The Morgan fingerprint density at radius 3 is 2.48 bits per heavy atom. The Bertz CT molecular complexity index is 704. The number of hydrogen-bond donors (Lipinski definition) is 1. The van der Waals surface area contributed by atoms with Crippen LogP contribution in [0.15, 0.2) is 34.9 Å². The molecule has 1 aromatic carbocycles. The zero-order chi connectivity index (χ0) is 18.6. The van der Waals surface area contributed by atoms with E-state index in [9.17, 15) is 9.18 Å². The third-order valence-electron chi connectivity index (χ3n) is 3.81. The van der Waals surface area contributed by atoms with Gasteiger partial charge in [0, 0.05) is 13.1 Å². The molecule has 0 radical (unpaired) electrons. The van der Waals surface area contributed by atoms with Gasteiger partial charge in [0.1, 0.15) is 17.3 Å². The monoisotopic (exact) mass is 347 g/mol. The number of aromatic nitrogens is 1. The number of aryl methyl sites for hydroxylation is 1. The lowest BCUT2D eigenvalue weighted by atomic mass is 9.85. The Morgan fingerprint density at radius 2 is 1.96 bits per heavy atom. The van der Waals surface area contributed by atoms with E-state index >= 15 is 0 Å². The van der Waals surface area contributed by atoms with Crippen LogP contribution in [0.1, 0.15) is 50.3 Å². The first-order valence-electron chi connectivity index (χ1n) is 8.33. The van der Waals surface area contributed by atoms with Gasteiger partial charge in [-0.1, -0.05) is 38.1 Å². The minimum Gasteiger partial charge on any atom is -0.361 e. The summed E-state index contributed by atoms with van der Waals surface area (Å²) >= 11 is 0. The van der Waals surface area contributed by atoms with Crippen LogP contribution in [0.2, 0.25) is 0 Å². The first-order chi connectivity index (χ1) is 11.6. The topological polar surface area (TPSA) is 58.4 Å². The molecule has 136 valence electrons. The molecule has 0 aliphatic heterocycles. The highest BCUT2D eigenvalue weighted by atomic mass is 19.1. The van der Waals surface area contributed by atoms with Crippen LogP contribution in [0.25, 0.3) is 0 Å². The van der Waals surface area contributed by atoms with Crippen LogP contribution in [-0.2, 0) is 6.54 Å². The number of carbonyl (C=O) groups excluding carboxylic acids is 1. The third-order valence-corrected chi connectivity index (χ3v) is 3.81. The second-order valence-corrected chi connectivity index (χ2v) is 7.60. The smallest absolute Gasteiger partial charge is 0.317 e. The molecule has 1 unspecified atom stereocenters. The summed E-state index contributed by atoms with van der Waals surface area (Å²) in [7, 11) is 1.71. The molecule has 1 heterocycles. The summed E-state index contributed by atoms with van der Waals surface area (Å²) < 4.78 is 18.2. The Hall–Kier alpha value is -2.37. The molecule has 0 fully saturated rings. The van der Waals surface area contributed by atoms with E-state index in [1.54, 1.807) is 30.1 Å². The summed E-state index contributed by atoms with van der Waals surface area (Å²) in [5.74, 6) is 0.420. The van der Waals surface area contributed by atoms with Gasteiger partial charge in [-0.2, -0.15) is 0 Å². The van der Waals surface area contributed by atoms with Gasteiger partial charge >= 0.3 is 6.03 Å². The summed E-state index contributed by atoms with van der Waals surface area (Å²) in [4.78, 5) is 14.1. The summed E-state index contributed by atoms with van der Waals surface area (Å²) in [5, 5.41) is 6.95. The van der Waals surface area contributed by atoms with E-state index < -0.39 is 0 Å². The largest absolute Gasteiger partial charge is 0.361 e. The lowest BCUT2D eigenvalue weighted by molar-refractivity contribution is 0.196. The Labute approximate surface area is 148 Å². The van der Waals surface area contributed by atoms with Crippen molar-refractivity contribution in [2.75, 3.05) is 7.05 Å². The van der Waals surface area contributed by atoms with E-state index in [0.717, 1.165) is 12.0 Å². The molecule has 5 nitrogen and oxygen atoms in total. The number of rotatable bonds is 5. The minimum atomic E-state index is -0.289. The third kappa shape index (κ3) is 5.89. The fourth-order valence-corrected chi connectivity index (χ4v) is 2.63. The van der Waals surface area contributed by atoms with Crippen molar-refractivity contribution in [1.82, 2.24) is 15.4 Å². The fraction of sp³-hybridized carbons (Fsp3) is 0.474. The van der Waals surface area contributed by atoms with Crippen molar-refractivity contribution in [3.05, 3.63) is 53.2 Å². The van der Waals surface area contributed by atoms with Gasteiger partial charge in [0.25, 0.3) is 0 Å². The van der Waals surface area contributed by atoms with Crippen molar-refractivity contribution in [2.24, 2.45) is 5.41 Å². The number of urea groups is 1. The summed E-state index contributed by atoms with van der Waals surface area (Å²) in [6.07, 6.45) is 0.737. The fourth-order valence-electron chi connectivity index (χ4n) is 2.63. The highest BCUT2D eigenvalue weighted by Gasteiger charge is 2.23. The van der Waals surface area contributed by atoms with Gasteiger partial charge in [-0.25, -0.2) is 9.18 Å². The normalized spacial score (nSPS) is 12.7. The van der Waals surface area contributed by atoms with Crippen LogP contribution in [-0.4, -0.2) is 23.1 Å². The lowest BCUT2D eigenvalue weighted by Gasteiger charge is -2.29. The van der Waals surface area contributed by atoms with Crippen molar-refractivity contribution < 1.29 is 13.7 Å². The van der Waals surface area contributed by atoms with E-state index in [4.69, 9.17) is 4.52 Å². The van der Waals surface area contributed by atoms with Gasteiger partial charge in [0.05, 0.1) is 12.6 Å². The van der Waals surface area contributed by atoms with Crippen molar-refractivity contribution in [3.63, 3.8) is 0 Å². The molecule has 1 N–H and O–H groups in total. The SMILES string of the molecule is Cc1cc(CN(C)C(=O)NC(CC(C)(C)C)c2ccc(F)cc2)no1. The molecule has 1 aromatic heterocycles.